The van der Waals surface area contributed by atoms with Crippen molar-refractivity contribution in [1.82, 2.24) is 9.97 Å². The molecule has 2 heterocycles. The van der Waals surface area contributed by atoms with Crippen LogP contribution in [-0.2, 0) is 11.0 Å². The standard InChI is InChI=1S/C24H22F3N5O3/c1-12(21(28)33)30-20-11-18(22(29)34)31-23(32-20)14-4-7-17-16(8-9-35-19(17)10-14)13-2-5-15(6-3-13)24(25,26)27/h2-7,10-12,16H,8-9H2,1H3,(H2,28,33)(H2,29,34)(H,30,31,32). The van der Waals surface area contributed by atoms with E-state index in [1.165, 1.54) is 18.2 Å². The summed E-state index contributed by atoms with van der Waals surface area (Å²) < 4.78 is 44.6. The average Bonchev–Trinajstić information content (AvgIpc) is 2.82. The first-order chi connectivity index (χ1) is 16.5. The van der Waals surface area contributed by atoms with Gasteiger partial charge in [-0.05, 0) is 37.1 Å². The van der Waals surface area contributed by atoms with Gasteiger partial charge in [0.25, 0.3) is 5.91 Å². The number of halogens is 3. The number of hydrogen-bond donors (Lipinski definition) is 3. The minimum Gasteiger partial charge on any atom is -0.493 e. The van der Waals surface area contributed by atoms with Crippen LogP contribution >= 0.6 is 0 Å². The number of carbonyl (C=O) groups is 2. The van der Waals surface area contributed by atoms with Crippen LogP contribution < -0.4 is 21.5 Å². The zero-order valence-electron chi connectivity index (χ0n) is 18.6. The summed E-state index contributed by atoms with van der Waals surface area (Å²) in [4.78, 5) is 31.8. The van der Waals surface area contributed by atoms with Crippen molar-refractivity contribution in [3.05, 3.63) is 70.9 Å². The number of alkyl halides is 3. The van der Waals surface area contributed by atoms with Gasteiger partial charge in [-0.3, -0.25) is 9.59 Å². The fourth-order valence-electron chi connectivity index (χ4n) is 3.85. The van der Waals surface area contributed by atoms with Crippen LogP contribution in [0.25, 0.3) is 11.4 Å². The van der Waals surface area contributed by atoms with Crippen molar-refractivity contribution in [3.8, 4) is 17.1 Å². The molecule has 0 saturated heterocycles. The maximum Gasteiger partial charge on any atom is 0.416 e. The summed E-state index contributed by atoms with van der Waals surface area (Å²) in [5.41, 5.74) is 12.0. The van der Waals surface area contributed by atoms with Crippen LogP contribution in [0.4, 0.5) is 19.0 Å². The Kier molecular flexibility index (Phi) is 6.33. The van der Waals surface area contributed by atoms with Gasteiger partial charge in [0.1, 0.15) is 23.3 Å². The third-order valence-electron chi connectivity index (χ3n) is 5.72. The third-order valence-corrected chi connectivity index (χ3v) is 5.72. The molecule has 0 saturated carbocycles. The summed E-state index contributed by atoms with van der Waals surface area (Å²) >= 11 is 0. The molecule has 2 aromatic carbocycles. The minimum absolute atomic E-state index is 0.0598. The molecule has 4 rings (SSSR count). The molecule has 1 aliphatic heterocycles. The molecule has 35 heavy (non-hydrogen) atoms. The average molecular weight is 485 g/mol. The van der Waals surface area contributed by atoms with Crippen LogP contribution in [0.3, 0.4) is 0 Å². The molecule has 2 amide bonds. The number of hydrogen-bond acceptors (Lipinski definition) is 6. The number of rotatable bonds is 6. The maximum atomic E-state index is 12.9. The summed E-state index contributed by atoms with van der Waals surface area (Å²) in [6.45, 7) is 1.91. The third kappa shape index (κ3) is 5.18. The summed E-state index contributed by atoms with van der Waals surface area (Å²) in [7, 11) is 0. The lowest BCUT2D eigenvalue weighted by atomic mass is 9.86. The molecule has 5 N–H and O–H groups in total. The first-order valence-electron chi connectivity index (χ1n) is 10.7. The minimum atomic E-state index is -4.40. The lowest BCUT2D eigenvalue weighted by Crippen LogP contribution is -2.33. The van der Waals surface area contributed by atoms with E-state index < -0.39 is 29.6 Å². The zero-order valence-corrected chi connectivity index (χ0v) is 18.6. The number of anilines is 1. The van der Waals surface area contributed by atoms with E-state index in [0.29, 0.717) is 24.3 Å². The second kappa shape index (κ2) is 9.24. The molecule has 0 bridgehead atoms. The van der Waals surface area contributed by atoms with Crippen LogP contribution in [0.2, 0.25) is 0 Å². The molecule has 0 radical (unpaired) electrons. The number of carbonyl (C=O) groups excluding carboxylic acids is 2. The van der Waals surface area contributed by atoms with Gasteiger partial charge in [-0.25, -0.2) is 9.97 Å². The van der Waals surface area contributed by atoms with Crippen LogP contribution in [0.5, 0.6) is 5.75 Å². The highest BCUT2D eigenvalue weighted by molar-refractivity contribution is 5.92. The summed E-state index contributed by atoms with van der Waals surface area (Å²) in [6, 6.07) is 10.9. The number of nitrogens with zero attached hydrogens (tertiary/aromatic N) is 2. The molecular formula is C24H22F3N5O3. The van der Waals surface area contributed by atoms with Crippen molar-refractivity contribution in [2.45, 2.75) is 31.5 Å². The van der Waals surface area contributed by atoms with Gasteiger partial charge >= 0.3 is 6.18 Å². The fourth-order valence-corrected chi connectivity index (χ4v) is 3.85. The van der Waals surface area contributed by atoms with E-state index in [1.807, 2.05) is 0 Å². The SMILES string of the molecule is CC(Nc1cc(C(N)=O)nc(-c2ccc3c(c2)OCCC3c2ccc(C(F)(F)F)cc2)n1)C(N)=O. The van der Waals surface area contributed by atoms with E-state index in [1.54, 1.807) is 25.1 Å². The van der Waals surface area contributed by atoms with Gasteiger partial charge in [-0.2, -0.15) is 13.2 Å². The summed E-state index contributed by atoms with van der Waals surface area (Å²) in [5.74, 6) is -0.643. The Balaban J connectivity index is 1.68. The second-order valence-electron chi connectivity index (χ2n) is 8.16. The molecule has 0 spiro atoms. The number of benzene rings is 2. The quantitative estimate of drug-likeness (QED) is 0.490. The summed E-state index contributed by atoms with van der Waals surface area (Å²) in [6.07, 6.45) is -3.80. The molecule has 8 nitrogen and oxygen atoms in total. The van der Waals surface area contributed by atoms with E-state index in [4.69, 9.17) is 16.2 Å². The zero-order chi connectivity index (χ0) is 25.3. The molecular weight excluding hydrogens is 463 g/mol. The Labute approximate surface area is 198 Å². The predicted octanol–water partition coefficient (Wildman–Crippen LogP) is 3.46. The molecule has 0 aliphatic carbocycles. The number of fused-ring (bicyclic) bond motifs is 1. The first kappa shape index (κ1) is 24.0. The van der Waals surface area contributed by atoms with Gasteiger partial charge in [-0.1, -0.05) is 24.3 Å². The van der Waals surface area contributed by atoms with E-state index in [9.17, 15) is 22.8 Å². The van der Waals surface area contributed by atoms with E-state index >= 15 is 0 Å². The van der Waals surface area contributed by atoms with Gasteiger partial charge in [0.15, 0.2) is 5.82 Å². The van der Waals surface area contributed by atoms with E-state index in [0.717, 1.165) is 23.3 Å². The topological polar surface area (TPSA) is 133 Å². The number of amides is 2. The van der Waals surface area contributed by atoms with E-state index in [-0.39, 0.29) is 23.3 Å². The Morgan fingerprint density at radius 1 is 1.09 bits per heavy atom. The maximum absolute atomic E-state index is 12.9. The normalized spacial score (nSPS) is 16.1. The van der Waals surface area contributed by atoms with Crippen molar-refractivity contribution in [3.63, 3.8) is 0 Å². The number of nitrogens with two attached hydrogens (primary N) is 2. The highest BCUT2D eigenvalue weighted by Crippen LogP contribution is 2.40. The first-order valence-corrected chi connectivity index (χ1v) is 10.7. The number of aromatic nitrogens is 2. The number of nitrogens with one attached hydrogen (secondary N) is 1. The van der Waals surface area contributed by atoms with Crippen LogP contribution in [0.1, 0.15) is 46.4 Å². The highest BCUT2D eigenvalue weighted by atomic mass is 19.4. The molecule has 1 aliphatic rings. The Hall–Kier alpha value is -4.15. The van der Waals surface area contributed by atoms with Crippen molar-refractivity contribution in [2.75, 3.05) is 11.9 Å². The molecule has 11 heteroatoms. The van der Waals surface area contributed by atoms with Crippen LogP contribution in [0, 0.1) is 0 Å². The van der Waals surface area contributed by atoms with Gasteiger partial charge in [0.2, 0.25) is 5.91 Å². The van der Waals surface area contributed by atoms with E-state index in [2.05, 4.69) is 15.3 Å². The number of ether oxygens (including phenoxy) is 1. The highest BCUT2D eigenvalue weighted by Gasteiger charge is 2.31. The van der Waals surface area contributed by atoms with Gasteiger partial charge in [-0.15, -0.1) is 0 Å². The van der Waals surface area contributed by atoms with Crippen molar-refractivity contribution >= 4 is 17.6 Å². The predicted molar refractivity (Wildman–Crippen MR) is 122 cm³/mol. The van der Waals surface area contributed by atoms with Crippen molar-refractivity contribution < 1.29 is 27.5 Å². The van der Waals surface area contributed by atoms with Crippen LogP contribution in [0.15, 0.2) is 48.5 Å². The Morgan fingerprint density at radius 2 is 1.80 bits per heavy atom. The lowest BCUT2D eigenvalue weighted by Gasteiger charge is -2.27. The molecule has 2 atom stereocenters. The number of primary amides is 2. The molecule has 2 unspecified atom stereocenters. The van der Waals surface area contributed by atoms with Gasteiger partial charge in [0, 0.05) is 23.1 Å². The Morgan fingerprint density at radius 3 is 2.43 bits per heavy atom. The van der Waals surface area contributed by atoms with Gasteiger partial charge < -0.3 is 21.5 Å². The monoisotopic (exact) mass is 485 g/mol. The van der Waals surface area contributed by atoms with Crippen molar-refractivity contribution in [1.29, 1.82) is 0 Å². The molecule has 182 valence electrons. The van der Waals surface area contributed by atoms with Crippen LogP contribution in [-0.4, -0.2) is 34.4 Å². The summed E-state index contributed by atoms with van der Waals surface area (Å²) in [5, 5.41) is 2.81. The van der Waals surface area contributed by atoms with Gasteiger partial charge in [0.05, 0.1) is 12.2 Å². The fraction of sp³-hybridized carbons (Fsp3) is 0.250. The lowest BCUT2D eigenvalue weighted by molar-refractivity contribution is -0.137. The molecule has 3 aromatic rings. The second-order valence-corrected chi connectivity index (χ2v) is 8.16. The smallest absolute Gasteiger partial charge is 0.416 e. The molecule has 1 aromatic heterocycles. The largest absolute Gasteiger partial charge is 0.493 e. The van der Waals surface area contributed by atoms with Crippen molar-refractivity contribution in [2.24, 2.45) is 11.5 Å². The molecule has 0 fully saturated rings. The Bertz CT molecular complexity index is 1280.